The van der Waals surface area contributed by atoms with Crippen molar-refractivity contribution < 1.29 is 31.1 Å². The van der Waals surface area contributed by atoms with Crippen molar-refractivity contribution in [2.75, 3.05) is 44.9 Å². The monoisotopic (exact) mass is 423 g/mol. The molecule has 160 valence electrons. The fourth-order valence-electron chi connectivity index (χ4n) is 2.28. The molecule has 0 aliphatic carbocycles. The summed E-state index contributed by atoms with van der Waals surface area (Å²) in [6, 6.07) is 3.65. The molecule has 1 aromatic heterocycles. The molecule has 6 nitrogen and oxygen atoms in total. The molecule has 0 aliphatic heterocycles. The fourth-order valence-corrected chi connectivity index (χ4v) is 2.28. The Kier molecular flexibility index (Phi) is 6.77. The Balaban J connectivity index is 2.36. The number of halogens is 6. The van der Waals surface area contributed by atoms with Gasteiger partial charge < -0.3 is 20.3 Å². The molecule has 1 aromatic carbocycles. The minimum atomic E-state index is -4.76. The standard InChI is InChI=1S/C17H19F6N5O/c1-28(2)7-6-24-15-26-13(17(21,22)23)9-14(27-15)25-10-4-5-12(29-3)11(8-10)16(18,19)20/h4-5,8-9H,6-7H2,1-3H3,(H2,24,25,26,27). The lowest BCUT2D eigenvalue weighted by atomic mass is 10.1. The van der Waals surface area contributed by atoms with E-state index in [4.69, 9.17) is 0 Å². The molecule has 2 aromatic rings. The molecule has 1 heterocycles. The molecular formula is C17H19F6N5O. The second kappa shape index (κ2) is 8.72. The quantitative estimate of drug-likeness (QED) is 0.650. The van der Waals surface area contributed by atoms with Crippen LogP contribution in [0.25, 0.3) is 0 Å². The topological polar surface area (TPSA) is 62.3 Å². The van der Waals surface area contributed by atoms with Crippen LogP contribution in [0.3, 0.4) is 0 Å². The molecule has 0 radical (unpaired) electrons. The fraction of sp³-hybridized carbons (Fsp3) is 0.412. The van der Waals surface area contributed by atoms with E-state index in [0.717, 1.165) is 19.2 Å². The van der Waals surface area contributed by atoms with Gasteiger partial charge in [0.25, 0.3) is 0 Å². The zero-order valence-electron chi connectivity index (χ0n) is 15.7. The molecule has 0 unspecified atom stereocenters. The normalized spacial score (nSPS) is 12.2. The van der Waals surface area contributed by atoms with Gasteiger partial charge in [-0.25, -0.2) is 4.98 Å². The van der Waals surface area contributed by atoms with Gasteiger partial charge in [0.15, 0.2) is 5.69 Å². The maximum absolute atomic E-state index is 13.1. The van der Waals surface area contributed by atoms with Crippen molar-refractivity contribution in [3.05, 3.63) is 35.5 Å². The van der Waals surface area contributed by atoms with Gasteiger partial charge in [0.1, 0.15) is 11.6 Å². The molecule has 2 N–H and O–H groups in total. The number of aromatic nitrogens is 2. The van der Waals surface area contributed by atoms with Gasteiger partial charge in [0, 0.05) is 24.8 Å². The van der Waals surface area contributed by atoms with Crippen LogP contribution in [0.15, 0.2) is 24.3 Å². The summed E-state index contributed by atoms with van der Waals surface area (Å²) in [5, 5.41) is 5.13. The number of alkyl halides is 6. The van der Waals surface area contributed by atoms with Crippen LogP contribution >= 0.6 is 0 Å². The third-order valence-electron chi connectivity index (χ3n) is 3.64. The molecule has 2 rings (SSSR count). The van der Waals surface area contributed by atoms with E-state index in [2.05, 4.69) is 25.3 Å². The highest BCUT2D eigenvalue weighted by Gasteiger charge is 2.35. The summed E-state index contributed by atoms with van der Waals surface area (Å²) in [5.74, 6) is -1.01. The Morgan fingerprint density at radius 2 is 1.69 bits per heavy atom. The maximum atomic E-state index is 13.1. The van der Waals surface area contributed by atoms with E-state index < -0.39 is 29.4 Å². The third-order valence-corrected chi connectivity index (χ3v) is 3.64. The van der Waals surface area contributed by atoms with E-state index >= 15 is 0 Å². The Bertz CT molecular complexity index is 838. The highest BCUT2D eigenvalue weighted by molar-refractivity contribution is 5.61. The summed E-state index contributed by atoms with van der Waals surface area (Å²) in [5.41, 5.74) is -2.41. The number of hydrogen-bond acceptors (Lipinski definition) is 6. The molecule has 0 fully saturated rings. The second-order valence-corrected chi connectivity index (χ2v) is 6.23. The van der Waals surface area contributed by atoms with Crippen molar-refractivity contribution in [1.82, 2.24) is 14.9 Å². The van der Waals surface area contributed by atoms with E-state index in [1.54, 1.807) is 19.0 Å². The van der Waals surface area contributed by atoms with Crippen LogP contribution in [0.4, 0.5) is 43.8 Å². The molecule has 0 saturated heterocycles. The van der Waals surface area contributed by atoms with Gasteiger partial charge in [0.05, 0.1) is 12.7 Å². The van der Waals surface area contributed by atoms with Crippen LogP contribution in [-0.2, 0) is 12.4 Å². The first-order valence-corrected chi connectivity index (χ1v) is 8.27. The Morgan fingerprint density at radius 3 is 2.24 bits per heavy atom. The first-order valence-electron chi connectivity index (χ1n) is 8.27. The lowest BCUT2D eigenvalue weighted by Crippen LogP contribution is -2.22. The highest BCUT2D eigenvalue weighted by atomic mass is 19.4. The van der Waals surface area contributed by atoms with E-state index in [-0.39, 0.29) is 24.0 Å². The summed E-state index contributed by atoms with van der Waals surface area (Å²) in [4.78, 5) is 9.13. The number of hydrogen-bond donors (Lipinski definition) is 2. The van der Waals surface area contributed by atoms with Gasteiger partial charge in [-0.1, -0.05) is 0 Å². The molecule has 29 heavy (non-hydrogen) atoms. The van der Waals surface area contributed by atoms with Crippen molar-refractivity contribution in [3.8, 4) is 5.75 Å². The molecule has 0 amide bonds. The molecule has 0 saturated carbocycles. The molecule has 0 atom stereocenters. The average molecular weight is 423 g/mol. The first-order chi connectivity index (χ1) is 13.4. The van der Waals surface area contributed by atoms with Crippen molar-refractivity contribution in [3.63, 3.8) is 0 Å². The summed E-state index contributed by atoms with van der Waals surface area (Å²) in [6.07, 6.45) is -9.46. The number of nitrogens with one attached hydrogen (secondary N) is 2. The van der Waals surface area contributed by atoms with Crippen molar-refractivity contribution in [2.45, 2.75) is 12.4 Å². The number of benzene rings is 1. The first kappa shape index (κ1) is 22.5. The second-order valence-electron chi connectivity index (χ2n) is 6.23. The predicted molar refractivity (Wildman–Crippen MR) is 95.4 cm³/mol. The smallest absolute Gasteiger partial charge is 0.433 e. The molecular weight excluding hydrogens is 404 g/mol. The Labute approximate surface area is 162 Å². The Hall–Kier alpha value is -2.76. The van der Waals surface area contributed by atoms with Crippen LogP contribution in [-0.4, -0.2) is 49.2 Å². The number of methoxy groups -OCH3 is 1. The van der Waals surface area contributed by atoms with Gasteiger partial charge in [-0.3, -0.25) is 0 Å². The van der Waals surface area contributed by atoms with Crippen LogP contribution in [0, 0.1) is 0 Å². The van der Waals surface area contributed by atoms with Gasteiger partial charge in [0.2, 0.25) is 5.95 Å². The maximum Gasteiger partial charge on any atom is 0.433 e. The minimum Gasteiger partial charge on any atom is -0.496 e. The molecule has 12 heteroatoms. The van der Waals surface area contributed by atoms with Crippen LogP contribution < -0.4 is 15.4 Å². The lowest BCUT2D eigenvalue weighted by molar-refractivity contribution is -0.141. The van der Waals surface area contributed by atoms with E-state index in [1.165, 1.54) is 6.07 Å². The minimum absolute atomic E-state index is 0.107. The van der Waals surface area contributed by atoms with Crippen molar-refractivity contribution in [1.29, 1.82) is 0 Å². The van der Waals surface area contributed by atoms with Gasteiger partial charge in [-0.05, 0) is 32.3 Å². The van der Waals surface area contributed by atoms with Crippen molar-refractivity contribution in [2.24, 2.45) is 0 Å². The van der Waals surface area contributed by atoms with Gasteiger partial charge in [-0.2, -0.15) is 31.3 Å². The summed E-state index contributed by atoms with van der Waals surface area (Å²) in [6.45, 7) is 0.782. The number of rotatable bonds is 7. The van der Waals surface area contributed by atoms with E-state index in [0.29, 0.717) is 12.6 Å². The molecule has 0 spiro atoms. The van der Waals surface area contributed by atoms with E-state index in [9.17, 15) is 26.3 Å². The van der Waals surface area contributed by atoms with E-state index in [1.807, 2.05) is 0 Å². The van der Waals surface area contributed by atoms with Crippen LogP contribution in [0.5, 0.6) is 5.75 Å². The number of anilines is 3. The zero-order chi connectivity index (χ0) is 21.8. The number of ether oxygens (including phenoxy) is 1. The summed E-state index contributed by atoms with van der Waals surface area (Å²) < 4.78 is 83.5. The lowest BCUT2D eigenvalue weighted by Gasteiger charge is -2.16. The number of nitrogens with zero attached hydrogens (tertiary/aromatic N) is 3. The predicted octanol–water partition coefficient (Wildman–Crippen LogP) is 4.24. The number of likely N-dealkylation sites (N-methyl/N-ethyl adjacent to an activating group) is 1. The molecule has 0 bridgehead atoms. The average Bonchev–Trinajstić information content (AvgIpc) is 2.59. The molecule has 0 aliphatic rings. The summed E-state index contributed by atoms with van der Waals surface area (Å²) in [7, 11) is 4.65. The summed E-state index contributed by atoms with van der Waals surface area (Å²) >= 11 is 0. The third kappa shape index (κ3) is 6.38. The van der Waals surface area contributed by atoms with Gasteiger partial charge in [-0.15, -0.1) is 0 Å². The largest absolute Gasteiger partial charge is 0.496 e. The highest BCUT2D eigenvalue weighted by Crippen LogP contribution is 2.38. The van der Waals surface area contributed by atoms with Crippen molar-refractivity contribution >= 4 is 17.5 Å². The SMILES string of the molecule is COc1ccc(Nc2cc(C(F)(F)F)nc(NCCN(C)C)n2)cc1C(F)(F)F. The zero-order valence-corrected chi connectivity index (χ0v) is 15.7. The van der Waals surface area contributed by atoms with Crippen LogP contribution in [0.2, 0.25) is 0 Å². The van der Waals surface area contributed by atoms with Crippen LogP contribution in [0.1, 0.15) is 11.3 Å². The Morgan fingerprint density at radius 1 is 1.00 bits per heavy atom. The van der Waals surface area contributed by atoms with Gasteiger partial charge >= 0.3 is 12.4 Å².